The van der Waals surface area contributed by atoms with Crippen LogP contribution in [0.3, 0.4) is 0 Å². The molecule has 0 radical (unpaired) electrons. The van der Waals surface area contributed by atoms with Crippen molar-refractivity contribution in [3.05, 3.63) is 29.3 Å². The highest BCUT2D eigenvalue weighted by Crippen LogP contribution is 2.39. The van der Waals surface area contributed by atoms with Crippen molar-refractivity contribution in [2.75, 3.05) is 6.61 Å². The number of ether oxygens (including phenoxy) is 1. The summed E-state index contributed by atoms with van der Waals surface area (Å²) in [6.07, 6.45) is 19.3. The maximum absolute atomic E-state index is 11.4. The summed E-state index contributed by atoms with van der Waals surface area (Å²) < 4.78 is 6.11. The van der Waals surface area contributed by atoms with E-state index in [9.17, 15) is 4.79 Å². The summed E-state index contributed by atoms with van der Waals surface area (Å²) in [7, 11) is 0. The Balaban J connectivity index is 1.65. The molecule has 1 aliphatic carbocycles. The highest BCUT2D eigenvalue weighted by molar-refractivity contribution is 5.80. The molecule has 0 bridgehead atoms. The van der Waals surface area contributed by atoms with Gasteiger partial charge in [0.15, 0.2) is 6.29 Å². The van der Waals surface area contributed by atoms with Crippen molar-refractivity contribution in [1.82, 2.24) is 0 Å². The summed E-state index contributed by atoms with van der Waals surface area (Å²) in [6.45, 7) is 3.01. The quantitative estimate of drug-likeness (QED) is 0.255. The molecule has 0 N–H and O–H groups in total. The van der Waals surface area contributed by atoms with Gasteiger partial charge in [0, 0.05) is 0 Å². The van der Waals surface area contributed by atoms with Crippen molar-refractivity contribution in [3.63, 3.8) is 0 Å². The predicted octanol–water partition coefficient (Wildman–Crippen LogP) is 7.46. The largest absolute Gasteiger partial charge is 0.493 e. The fraction of sp³-hybridized carbons (Fsp3) is 0.708. The summed E-state index contributed by atoms with van der Waals surface area (Å²) in [4.78, 5) is 11.4. The first-order valence-electron chi connectivity index (χ1n) is 11.1. The van der Waals surface area contributed by atoms with Crippen LogP contribution in [0, 0.1) is 0 Å². The topological polar surface area (TPSA) is 26.3 Å². The Hall–Kier alpha value is -1.31. The van der Waals surface area contributed by atoms with E-state index in [-0.39, 0.29) is 0 Å². The Labute approximate surface area is 160 Å². The Kier molecular flexibility index (Phi) is 10.5. The van der Waals surface area contributed by atoms with Crippen molar-refractivity contribution in [3.8, 4) is 5.75 Å². The Morgan fingerprint density at radius 2 is 1.54 bits per heavy atom. The van der Waals surface area contributed by atoms with E-state index in [1.165, 1.54) is 89.0 Å². The van der Waals surface area contributed by atoms with Gasteiger partial charge in [-0.05, 0) is 36.8 Å². The van der Waals surface area contributed by atoms with Crippen LogP contribution in [0.2, 0.25) is 0 Å². The number of carbonyl (C=O) groups is 1. The molecule has 0 amide bonds. The van der Waals surface area contributed by atoms with Crippen molar-refractivity contribution < 1.29 is 9.53 Å². The lowest BCUT2D eigenvalue weighted by atomic mass is 9.95. The average molecular weight is 359 g/mol. The molecule has 1 fully saturated rings. The molecule has 26 heavy (non-hydrogen) atoms. The number of hydrogen-bond acceptors (Lipinski definition) is 2. The van der Waals surface area contributed by atoms with E-state index in [4.69, 9.17) is 4.74 Å². The smallest absolute Gasteiger partial charge is 0.153 e. The number of hydrogen-bond donors (Lipinski definition) is 0. The van der Waals surface area contributed by atoms with Crippen molar-refractivity contribution in [2.24, 2.45) is 0 Å². The third-order valence-corrected chi connectivity index (χ3v) is 5.74. The van der Waals surface area contributed by atoms with E-state index in [2.05, 4.69) is 13.0 Å². The maximum Gasteiger partial charge on any atom is 0.153 e. The van der Waals surface area contributed by atoms with Gasteiger partial charge in [-0.2, -0.15) is 0 Å². The summed E-state index contributed by atoms with van der Waals surface area (Å²) in [5, 5.41) is 0. The zero-order valence-electron chi connectivity index (χ0n) is 16.8. The van der Waals surface area contributed by atoms with Gasteiger partial charge < -0.3 is 4.74 Å². The Morgan fingerprint density at radius 3 is 2.15 bits per heavy atom. The molecule has 1 aromatic rings. The minimum Gasteiger partial charge on any atom is -0.493 e. The summed E-state index contributed by atoms with van der Waals surface area (Å²) in [6, 6.07) is 6.06. The molecule has 0 atom stereocenters. The molecule has 0 saturated heterocycles. The lowest BCUT2D eigenvalue weighted by Crippen LogP contribution is -2.05. The van der Waals surface area contributed by atoms with E-state index in [0.29, 0.717) is 5.92 Å². The Bertz CT molecular complexity index is 503. The predicted molar refractivity (Wildman–Crippen MR) is 110 cm³/mol. The molecule has 0 unspecified atom stereocenters. The average Bonchev–Trinajstić information content (AvgIpc) is 3.20. The third-order valence-electron chi connectivity index (χ3n) is 5.74. The molecular weight excluding hydrogens is 320 g/mol. The molecule has 2 heteroatoms. The van der Waals surface area contributed by atoms with Gasteiger partial charge in [0.1, 0.15) is 5.75 Å². The van der Waals surface area contributed by atoms with Crippen LogP contribution in [0.4, 0.5) is 0 Å². The van der Waals surface area contributed by atoms with E-state index in [0.717, 1.165) is 30.6 Å². The van der Waals surface area contributed by atoms with Gasteiger partial charge in [-0.15, -0.1) is 0 Å². The van der Waals surface area contributed by atoms with Gasteiger partial charge in [0.2, 0.25) is 0 Å². The van der Waals surface area contributed by atoms with Crippen LogP contribution in [-0.4, -0.2) is 12.9 Å². The third kappa shape index (κ3) is 7.13. The van der Waals surface area contributed by atoms with E-state index < -0.39 is 0 Å². The van der Waals surface area contributed by atoms with Crippen LogP contribution in [0.15, 0.2) is 18.2 Å². The molecule has 0 aliphatic heterocycles. The molecule has 146 valence electrons. The fourth-order valence-electron chi connectivity index (χ4n) is 4.15. The fourth-order valence-corrected chi connectivity index (χ4v) is 4.15. The van der Waals surface area contributed by atoms with Gasteiger partial charge in [0.05, 0.1) is 12.2 Å². The van der Waals surface area contributed by atoms with Crippen LogP contribution < -0.4 is 4.74 Å². The highest BCUT2D eigenvalue weighted by Gasteiger charge is 2.22. The minimum absolute atomic E-state index is 0.581. The molecule has 1 aliphatic rings. The molecule has 2 nitrogen and oxygen atoms in total. The lowest BCUT2D eigenvalue weighted by molar-refractivity contribution is 0.111. The second kappa shape index (κ2) is 12.9. The van der Waals surface area contributed by atoms with E-state index in [1.807, 2.05) is 12.1 Å². The summed E-state index contributed by atoms with van der Waals surface area (Å²) in [5.74, 6) is 1.45. The highest BCUT2D eigenvalue weighted by atomic mass is 16.5. The molecule has 0 aromatic heterocycles. The van der Waals surface area contributed by atoms with Crippen LogP contribution in [-0.2, 0) is 0 Å². The van der Waals surface area contributed by atoms with Crippen LogP contribution >= 0.6 is 0 Å². The van der Waals surface area contributed by atoms with Gasteiger partial charge in [-0.25, -0.2) is 0 Å². The molecule has 0 spiro atoms. The second-order valence-electron chi connectivity index (χ2n) is 7.90. The normalized spacial score (nSPS) is 14.7. The van der Waals surface area contributed by atoms with Gasteiger partial charge in [-0.1, -0.05) is 89.7 Å². The van der Waals surface area contributed by atoms with Crippen molar-refractivity contribution >= 4 is 6.29 Å². The number of aldehydes is 1. The summed E-state index contributed by atoms with van der Waals surface area (Å²) >= 11 is 0. The van der Waals surface area contributed by atoms with Crippen molar-refractivity contribution in [1.29, 1.82) is 0 Å². The maximum atomic E-state index is 11.4. The first-order valence-corrected chi connectivity index (χ1v) is 11.1. The van der Waals surface area contributed by atoms with Crippen molar-refractivity contribution in [2.45, 2.75) is 103 Å². The lowest BCUT2D eigenvalue weighted by Gasteiger charge is -2.17. The van der Waals surface area contributed by atoms with Gasteiger partial charge in [-0.3, -0.25) is 4.79 Å². The van der Waals surface area contributed by atoms with Crippen LogP contribution in [0.25, 0.3) is 0 Å². The minimum atomic E-state index is 0.581. The van der Waals surface area contributed by atoms with Gasteiger partial charge in [0.25, 0.3) is 0 Å². The summed E-state index contributed by atoms with van der Waals surface area (Å²) in [5.41, 5.74) is 1.99. The van der Waals surface area contributed by atoms with Crippen LogP contribution in [0.5, 0.6) is 5.75 Å². The van der Waals surface area contributed by atoms with Gasteiger partial charge >= 0.3 is 0 Å². The second-order valence-corrected chi connectivity index (χ2v) is 7.90. The SMILES string of the molecule is CCCCCCCCCCCCOc1c(C=O)cccc1C1CCCC1. The van der Waals surface area contributed by atoms with Crippen LogP contribution in [0.1, 0.15) is 119 Å². The first-order chi connectivity index (χ1) is 12.9. The van der Waals surface area contributed by atoms with E-state index in [1.54, 1.807) is 0 Å². The molecule has 2 rings (SSSR count). The first kappa shape index (κ1) is 21.0. The molecule has 1 saturated carbocycles. The number of para-hydroxylation sites is 1. The standard InChI is InChI=1S/C24H38O2/c1-2-3-4-5-6-7-8-9-10-13-19-26-24-22(20-25)17-14-18-23(24)21-15-11-12-16-21/h14,17-18,20-21H,2-13,15-16,19H2,1H3. The molecular formula is C24H38O2. The number of benzene rings is 1. The molecule has 0 heterocycles. The van der Waals surface area contributed by atoms with E-state index >= 15 is 0 Å². The number of carbonyl (C=O) groups excluding carboxylic acids is 1. The zero-order chi connectivity index (χ0) is 18.5. The number of unbranched alkanes of at least 4 members (excludes halogenated alkanes) is 9. The molecule has 1 aromatic carbocycles. The monoisotopic (exact) mass is 358 g/mol. The number of rotatable bonds is 14. The zero-order valence-corrected chi connectivity index (χ0v) is 16.8. The Morgan fingerprint density at radius 1 is 0.923 bits per heavy atom.